The van der Waals surface area contributed by atoms with Gasteiger partial charge >= 0.3 is 12.0 Å². The number of anilines is 1. The Morgan fingerprint density at radius 2 is 1.57 bits per heavy atom. The molecule has 312 valence electrons. The molecule has 4 heterocycles. The number of esters is 1. The molecule has 58 heavy (non-hydrogen) atoms. The number of amides is 7. The molecule has 0 unspecified atom stereocenters. The zero-order valence-electron chi connectivity index (χ0n) is 33.6. The number of rotatable bonds is 7. The van der Waals surface area contributed by atoms with Crippen molar-refractivity contribution in [3.63, 3.8) is 0 Å². The van der Waals surface area contributed by atoms with E-state index in [0.29, 0.717) is 31.4 Å². The molecule has 4 fully saturated rings. The van der Waals surface area contributed by atoms with Crippen LogP contribution in [0, 0.1) is 6.92 Å². The lowest BCUT2D eigenvalue weighted by Gasteiger charge is -2.39. The molecule has 2 aromatic rings. The van der Waals surface area contributed by atoms with Crippen LogP contribution in [0.1, 0.15) is 76.0 Å². The van der Waals surface area contributed by atoms with Crippen molar-refractivity contribution in [2.24, 2.45) is 0 Å². The van der Waals surface area contributed by atoms with Gasteiger partial charge in [0, 0.05) is 38.2 Å². The first kappa shape index (κ1) is 42.1. The highest BCUT2D eigenvalue weighted by molar-refractivity contribution is 5.99. The first-order valence-corrected chi connectivity index (χ1v) is 20.4. The van der Waals surface area contributed by atoms with Gasteiger partial charge in [-0.15, -0.1) is 0 Å². The van der Waals surface area contributed by atoms with Crippen molar-refractivity contribution in [1.82, 2.24) is 30.7 Å². The Morgan fingerprint density at radius 3 is 2.29 bits per heavy atom. The molecule has 5 N–H and O–H groups in total. The molecule has 4 aliphatic heterocycles. The van der Waals surface area contributed by atoms with Crippen molar-refractivity contribution < 1.29 is 43.4 Å². The molecule has 0 spiro atoms. The number of nitrogens with one attached hydrogen (secondary N) is 4. The molecule has 2 aromatic carbocycles. The highest BCUT2D eigenvalue weighted by atomic mass is 16.5. The Morgan fingerprint density at radius 1 is 0.862 bits per heavy atom. The largest absolute Gasteiger partial charge is 0.458 e. The molecule has 4 aliphatic rings. The monoisotopic (exact) mass is 801 g/mol. The molecule has 7 amide bonds. The molecule has 0 radical (unpaired) electrons. The number of carbonyl (C=O) groups excluding carboxylic acids is 7. The summed E-state index contributed by atoms with van der Waals surface area (Å²) in [6.45, 7) is 7.10. The van der Waals surface area contributed by atoms with E-state index in [1.807, 2.05) is 50.2 Å². The molecule has 6 rings (SSSR count). The first-order valence-electron chi connectivity index (χ1n) is 20.4. The lowest BCUT2D eigenvalue weighted by molar-refractivity contribution is -0.163. The smallest absolute Gasteiger partial charge is 0.329 e. The second-order valence-electron chi connectivity index (χ2n) is 15.9. The lowest BCUT2D eigenvalue weighted by atomic mass is 9.98. The van der Waals surface area contributed by atoms with Crippen LogP contribution in [-0.4, -0.2) is 129 Å². The maximum absolute atomic E-state index is 14.7. The molecule has 8 atom stereocenters. The maximum Gasteiger partial charge on any atom is 0.329 e. The third-order valence-electron chi connectivity index (χ3n) is 11.6. The molecular weight excluding hydrogens is 747 g/mol. The van der Waals surface area contributed by atoms with Gasteiger partial charge in [0.1, 0.15) is 42.4 Å². The fourth-order valence-corrected chi connectivity index (χ4v) is 8.42. The van der Waals surface area contributed by atoms with Crippen LogP contribution >= 0.6 is 0 Å². The van der Waals surface area contributed by atoms with E-state index in [9.17, 15) is 38.7 Å². The predicted octanol–water partition coefficient (Wildman–Crippen LogP) is 1.56. The summed E-state index contributed by atoms with van der Waals surface area (Å²) in [5, 5.41) is 21.9. The van der Waals surface area contributed by atoms with Gasteiger partial charge in [-0.3, -0.25) is 24.0 Å². The summed E-state index contributed by atoms with van der Waals surface area (Å²) >= 11 is 0. The first-order chi connectivity index (χ1) is 27.7. The van der Waals surface area contributed by atoms with Crippen LogP contribution in [0.3, 0.4) is 0 Å². The molecule has 16 heteroatoms. The predicted molar refractivity (Wildman–Crippen MR) is 212 cm³/mol. The fraction of sp³-hybridized carbons (Fsp3) is 0.548. The second kappa shape index (κ2) is 18.4. The third kappa shape index (κ3) is 9.60. The molecule has 0 bridgehead atoms. The Hall–Kier alpha value is -5.51. The summed E-state index contributed by atoms with van der Waals surface area (Å²) in [5.74, 6) is -3.92. The van der Waals surface area contributed by atoms with E-state index in [2.05, 4.69) is 21.3 Å². The summed E-state index contributed by atoms with van der Waals surface area (Å²) in [5.41, 5.74) is 3.23. The van der Waals surface area contributed by atoms with E-state index in [1.54, 1.807) is 12.1 Å². The van der Waals surface area contributed by atoms with Gasteiger partial charge in [-0.25, -0.2) is 9.59 Å². The molecule has 0 saturated carbocycles. The van der Waals surface area contributed by atoms with Crippen molar-refractivity contribution in [3.05, 3.63) is 65.2 Å². The highest BCUT2D eigenvalue weighted by Gasteiger charge is 2.48. The van der Waals surface area contributed by atoms with E-state index in [-0.39, 0.29) is 38.9 Å². The van der Waals surface area contributed by atoms with E-state index >= 15 is 0 Å². The molecule has 16 nitrogen and oxygen atoms in total. The van der Waals surface area contributed by atoms with Gasteiger partial charge in [0.05, 0.1) is 6.10 Å². The summed E-state index contributed by atoms with van der Waals surface area (Å²) in [6.07, 6.45) is 0.696. The Bertz CT molecular complexity index is 1890. The van der Waals surface area contributed by atoms with E-state index in [1.165, 1.54) is 28.5 Å². The van der Waals surface area contributed by atoms with E-state index in [4.69, 9.17) is 4.74 Å². The minimum Gasteiger partial charge on any atom is -0.458 e. The number of ether oxygens (including phenoxy) is 1. The molecular formula is C42H55N7O9. The summed E-state index contributed by atoms with van der Waals surface area (Å²) in [6, 6.07) is 7.06. The van der Waals surface area contributed by atoms with Gasteiger partial charge in [-0.05, 0) is 82.6 Å². The van der Waals surface area contributed by atoms with Gasteiger partial charge in [0.15, 0.2) is 0 Å². The maximum atomic E-state index is 14.7. The van der Waals surface area contributed by atoms with Gasteiger partial charge in [0.25, 0.3) is 0 Å². The zero-order chi connectivity index (χ0) is 41.7. The van der Waals surface area contributed by atoms with E-state index < -0.39 is 90.0 Å². The number of piperidine rings is 1. The number of aliphatic hydroxyl groups is 1. The van der Waals surface area contributed by atoms with Crippen molar-refractivity contribution >= 4 is 47.2 Å². The van der Waals surface area contributed by atoms with Gasteiger partial charge < -0.3 is 45.8 Å². The zero-order valence-corrected chi connectivity index (χ0v) is 33.6. The standard InChI is InChI=1S/C42H55N7O9/c1-5-27-14-16-29(17-15-27)44-42(57)45-31(21-28-11-8-10-24(2)20-28)36(51)46-35-26(4)58-41(56)33-13-9-19-48(33)38(53)25(3)43-37(52)32-12-6-7-18-47(32)39(54)34-22-30(50)23-49(34)40(35)55/h8,10-11,14-17,20,25-26,30-35,50H,5-7,9,12-13,18-19,21-23H2,1-4H3,(H,43,52)(H,46,51)(H2,44,45,57)/t25-,26-,30+,31-,32-,33-,34-,35-/m0/s1. The lowest BCUT2D eigenvalue weighted by Crippen LogP contribution is -2.63. The number of aliphatic hydroxyl groups excluding tert-OH is 1. The average Bonchev–Trinajstić information content (AvgIpc) is 3.86. The topological polar surface area (TPSA) is 207 Å². The van der Waals surface area contributed by atoms with E-state index in [0.717, 1.165) is 23.1 Å². The number of cyclic esters (lactones) is 1. The third-order valence-corrected chi connectivity index (χ3v) is 11.6. The van der Waals surface area contributed by atoms with Gasteiger partial charge in [-0.2, -0.15) is 0 Å². The molecule has 0 aromatic heterocycles. The number of carbonyl (C=O) groups is 7. The van der Waals surface area contributed by atoms with Crippen LogP contribution in [0.5, 0.6) is 0 Å². The molecule has 0 aliphatic carbocycles. The van der Waals surface area contributed by atoms with Crippen LogP contribution in [-0.2, 0) is 46.3 Å². The number of aryl methyl sites for hydroxylation is 2. The van der Waals surface area contributed by atoms with Crippen LogP contribution in [0.15, 0.2) is 48.5 Å². The Balaban J connectivity index is 1.33. The fourth-order valence-electron chi connectivity index (χ4n) is 8.42. The van der Waals surface area contributed by atoms with Crippen LogP contribution in [0.2, 0.25) is 0 Å². The van der Waals surface area contributed by atoms with Gasteiger partial charge in [0.2, 0.25) is 29.5 Å². The number of benzene rings is 2. The quantitative estimate of drug-likeness (QED) is 0.257. The number of urea groups is 1. The number of nitrogens with zero attached hydrogens (tertiary/aromatic N) is 3. The van der Waals surface area contributed by atoms with Crippen LogP contribution in [0.25, 0.3) is 0 Å². The van der Waals surface area contributed by atoms with Crippen molar-refractivity contribution in [1.29, 1.82) is 0 Å². The minimum absolute atomic E-state index is 0.0318. The van der Waals surface area contributed by atoms with Gasteiger partial charge in [-0.1, -0.05) is 48.9 Å². The second-order valence-corrected chi connectivity index (χ2v) is 15.9. The van der Waals surface area contributed by atoms with Crippen molar-refractivity contribution in [2.75, 3.05) is 25.0 Å². The number of hydrogen-bond donors (Lipinski definition) is 5. The minimum atomic E-state index is -1.58. The summed E-state index contributed by atoms with van der Waals surface area (Å²) < 4.78 is 5.89. The summed E-state index contributed by atoms with van der Waals surface area (Å²) in [4.78, 5) is 102. The summed E-state index contributed by atoms with van der Waals surface area (Å²) in [7, 11) is 0. The van der Waals surface area contributed by atoms with Crippen LogP contribution in [0.4, 0.5) is 10.5 Å². The van der Waals surface area contributed by atoms with Crippen molar-refractivity contribution in [3.8, 4) is 0 Å². The van der Waals surface area contributed by atoms with Crippen molar-refractivity contribution in [2.45, 2.75) is 128 Å². The van der Waals surface area contributed by atoms with Crippen LogP contribution < -0.4 is 21.3 Å². The SMILES string of the molecule is CCc1ccc(NC(=O)N[C@@H](Cc2cccc(C)c2)C(=O)N[C@@H]2C(=O)N3C[C@H](O)C[C@H]3C(=O)N3CCCC[C@H]3C(=O)N[C@@H](C)C(=O)N3CCC[C@H]3C(=O)O[C@H]2C)cc1. The normalized spacial score (nSPS) is 27.5. The number of fused-ring (bicyclic) bond motifs is 3. The Labute approximate surface area is 338 Å². The number of hydrogen-bond acceptors (Lipinski definition) is 9. The highest BCUT2D eigenvalue weighted by Crippen LogP contribution is 2.28. The Kier molecular flexibility index (Phi) is 13.3. The molecule has 4 saturated heterocycles. The average molecular weight is 802 g/mol.